The maximum absolute atomic E-state index is 12.5. The standard InChI is InChI=1S/C10H10BrFO2S/c11-8-2-1-3-9-4-6-10(7-5-9)15(12,13)14/h1,3-7H,2,8H2. The molecule has 0 spiro atoms. The van der Waals surface area contributed by atoms with Gasteiger partial charge in [-0.3, -0.25) is 0 Å². The summed E-state index contributed by atoms with van der Waals surface area (Å²) in [6.07, 6.45) is 4.70. The Bertz CT molecular complexity index is 437. The highest BCUT2D eigenvalue weighted by atomic mass is 79.9. The Labute approximate surface area is 97.2 Å². The van der Waals surface area contributed by atoms with E-state index < -0.39 is 10.2 Å². The van der Waals surface area contributed by atoms with Crippen molar-refractivity contribution in [2.24, 2.45) is 0 Å². The summed E-state index contributed by atoms with van der Waals surface area (Å²) in [5.41, 5.74) is 0.850. The Morgan fingerprint density at radius 2 is 1.87 bits per heavy atom. The molecule has 0 bridgehead atoms. The van der Waals surface area contributed by atoms with Gasteiger partial charge in [0.1, 0.15) is 0 Å². The second-order valence-corrected chi connectivity index (χ2v) is 5.03. The van der Waals surface area contributed by atoms with Crippen LogP contribution in [0.5, 0.6) is 0 Å². The normalized spacial score (nSPS) is 12.1. The Balaban J connectivity index is 2.82. The van der Waals surface area contributed by atoms with E-state index in [0.717, 1.165) is 17.3 Å². The molecule has 0 unspecified atom stereocenters. The van der Waals surface area contributed by atoms with Crippen molar-refractivity contribution >= 4 is 32.2 Å². The predicted molar refractivity (Wildman–Crippen MR) is 62.2 cm³/mol. The Hall–Kier alpha value is -0.680. The molecule has 0 aromatic heterocycles. The van der Waals surface area contributed by atoms with Gasteiger partial charge in [-0.25, -0.2) is 0 Å². The lowest BCUT2D eigenvalue weighted by Crippen LogP contribution is -1.90. The van der Waals surface area contributed by atoms with E-state index in [1.54, 1.807) is 12.1 Å². The molecule has 0 aliphatic carbocycles. The van der Waals surface area contributed by atoms with Crippen LogP contribution >= 0.6 is 15.9 Å². The third-order valence-corrected chi connectivity index (χ3v) is 3.04. The molecule has 0 aliphatic heterocycles. The van der Waals surface area contributed by atoms with Crippen LogP contribution in [0.15, 0.2) is 35.2 Å². The molecule has 1 aromatic rings. The second-order valence-electron chi connectivity index (χ2n) is 2.89. The fraction of sp³-hybridized carbons (Fsp3) is 0.200. The van der Waals surface area contributed by atoms with Crippen LogP contribution in [-0.4, -0.2) is 13.7 Å². The van der Waals surface area contributed by atoms with Crippen LogP contribution in [0.2, 0.25) is 0 Å². The lowest BCUT2D eigenvalue weighted by atomic mass is 10.2. The summed E-state index contributed by atoms with van der Waals surface area (Å²) in [6, 6.07) is 5.64. The van der Waals surface area contributed by atoms with E-state index in [1.807, 2.05) is 12.2 Å². The maximum Gasteiger partial charge on any atom is 0.332 e. The molecule has 0 saturated carbocycles. The van der Waals surface area contributed by atoms with Crippen LogP contribution in [0.4, 0.5) is 3.89 Å². The first-order valence-corrected chi connectivity index (χ1v) is 6.82. The number of benzene rings is 1. The Morgan fingerprint density at radius 3 is 2.33 bits per heavy atom. The van der Waals surface area contributed by atoms with Gasteiger partial charge in [-0.1, -0.05) is 40.2 Å². The molecule has 1 rings (SSSR count). The number of halogens is 2. The molecule has 2 nitrogen and oxygen atoms in total. The summed E-state index contributed by atoms with van der Waals surface area (Å²) in [6.45, 7) is 0. The molecule has 15 heavy (non-hydrogen) atoms. The first-order chi connectivity index (χ1) is 7.04. The SMILES string of the molecule is O=S(=O)(F)c1ccc(C=CCCBr)cc1. The van der Waals surface area contributed by atoms with Gasteiger partial charge in [0, 0.05) is 5.33 Å². The van der Waals surface area contributed by atoms with Gasteiger partial charge in [0.05, 0.1) is 4.90 Å². The third-order valence-electron chi connectivity index (χ3n) is 1.75. The molecule has 82 valence electrons. The zero-order valence-electron chi connectivity index (χ0n) is 7.86. The molecule has 0 aliphatic rings. The van der Waals surface area contributed by atoms with E-state index in [2.05, 4.69) is 15.9 Å². The molecule has 0 amide bonds. The quantitative estimate of drug-likeness (QED) is 0.631. The molecule has 0 saturated heterocycles. The molecule has 5 heteroatoms. The minimum atomic E-state index is -4.58. The van der Waals surface area contributed by atoms with Gasteiger partial charge in [0.25, 0.3) is 0 Å². The minimum Gasteiger partial charge on any atom is -0.189 e. The average Bonchev–Trinajstić information content (AvgIpc) is 2.18. The highest BCUT2D eigenvalue weighted by Gasteiger charge is 2.09. The Morgan fingerprint density at radius 1 is 1.27 bits per heavy atom. The Kier molecular flexibility index (Phi) is 4.47. The van der Waals surface area contributed by atoms with Crippen LogP contribution in [-0.2, 0) is 10.2 Å². The summed E-state index contributed by atoms with van der Waals surface area (Å²) in [4.78, 5) is -0.305. The van der Waals surface area contributed by atoms with E-state index in [1.165, 1.54) is 12.1 Å². The summed E-state index contributed by atoms with van der Waals surface area (Å²) in [5.74, 6) is 0. The summed E-state index contributed by atoms with van der Waals surface area (Å²) >= 11 is 3.28. The van der Waals surface area contributed by atoms with E-state index in [-0.39, 0.29) is 4.90 Å². The molecular formula is C10H10BrFO2S. The van der Waals surface area contributed by atoms with Crippen molar-refractivity contribution in [2.45, 2.75) is 11.3 Å². The molecule has 0 fully saturated rings. The number of hydrogen-bond acceptors (Lipinski definition) is 2. The van der Waals surface area contributed by atoms with E-state index in [0.29, 0.717) is 0 Å². The summed E-state index contributed by atoms with van der Waals surface area (Å²) < 4.78 is 33.5. The van der Waals surface area contributed by atoms with Crippen molar-refractivity contribution in [3.8, 4) is 0 Å². The van der Waals surface area contributed by atoms with Crippen molar-refractivity contribution in [3.05, 3.63) is 35.9 Å². The van der Waals surface area contributed by atoms with Crippen molar-refractivity contribution in [2.75, 3.05) is 5.33 Å². The van der Waals surface area contributed by atoms with Crippen molar-refractivity contribution in [1.82, 2.24) is 0 Å². The van der Waals surface area contributed by atoms with Crippen molar-refractivity contribution in [3.63, 3.8) is 0 Å². The van der Waals surface area contributed by atoms with Crippen LogP contribution in [0.25, 0.3) is 6.08 Å². The number of hydrogen-bond donors (Lipinski definition) is 0. The molecular weight excluding hydrogens is 283 g/mol. The molecule has 0 heterocycles. The van der Waals surface area contributed by atoms with E-state index >= 15 is 0 Å². The van der Waals surface area contributed by atoms with Crippen LogP contribution in [0, 0.1) is 0 Å². The fourth-order valence-electron chi connectivity index (χ4n) is 1.02. The lowest BCUT2D eigenvalue weighted by molar-refractivity contribution is 0.552. The monoisotopic (exact) mass is 292 g/mol. The van der Waals surface area contributed by atoms with Gasteiger partial charge in [0.2, 0.25) is 0 Å². The topological polar surface area (TPSA) is 34.1 Å². The number of alkyl halides is 1. The van der Waals surface area contributed by atoms with Crippen molar-refractivity contribution in [1.29, 1.82) is 0 Å². The first-order valence-electron chi connectivity index (χ1n) is 4.31. The lowest BCUT2D eigenvalue weighted by Gasteiger charge is -1.96. The van der Waals surface area contributed by atoms with E-state index in [9.17, 15) is 12.3 Å². The van der Waals surface area contributed by atoms with Gasteiger partial charge in [-0.2, -0.15) is 8.42 Å². The van der Waals surface area contributed by atoms with Gasteiger partial charge < -0.3 is 0 Å². The van der Waals surface area contributed by atoms with E-state index in [4.69, 9.17) is 0 Å². The smallest absolute Gasteiger partial charge is 0.189 e. The summed E-state index contributed by atoms with van der Waals surface area (Å²) in [5, 5.41) is 0.875. The second kappa shape index (κ2) is 5.42. The average molecular weight is 293 g/mol. The highest BCUT2D eigenvalue weighted by Crippen LogP contribution is 2.13. The largest absolute Gasteiger partial charge is 0.332 e. The number of rotatable bonds is 4. The van der Waals surface area contributed by atoms with Crippen molar-refractivity contribution < 1.29 is 12.3 Å². The molecule has 1 aromatic carbocycles. The zero-order valence-corrected chi connectivity index (χ0v) is 10.3. The van der Waals surface area contributed by atoms with Gasteiger partial charge in [-0.05, 0) is 24.1 Å². The number of allylic oxidation sites excluding steroid dienone is 1. The molecule has 0 N–H and O–H groups in total. The molecule has 0 atom stereocenters. The first kappa shape index (κ1) is 12.4. The minimum absolute atomic E-state index is 0.305. The van der Waals surface area contributed by atoms with Gasteiger partial charge in [-0.15, -0.1) is 3.89 Å². The fourth-order valence-corrected chi connectivity index (χ4v) is 1.75. The molecule has 0 radical (unpaired) electrons. The zero-order chi connectivity index (χ0) is 11.3. The maximum atomic E-state index is 12.5. The highest BCUT2D eigenvalue weighted by molar-refractivity contribution is 9.09. The van der Waals surface area contributed by atoms with Gasteiger partial charge in [0.15, 0.2) is 0 Å². The van der Waals surface area contributed by atoms with Gasteiger partial charge >= 0.3 is 10.2 Å². The predicted octanol–water partition coefficient (Wildman–Crippen LogP) is 3.14. The summed E-state index contributed by atoms with van der Waals surface area (Å²) in [7, 11) is -4.58. The van der Waals surface area contributed by atoms with Crippen LogP contribution in [0.1, 0.15) is 12.0 Å². The third kappa shape index (κ3) is 4.13. The van der Waals surface area contributed by atoms with Crippen LogP contribution < -0.4 is 0 Å². The van der Waals surface area contributed by atoms with Crippen LogP contribution in [0.3, 0.4) is 0 Å².